The van der Waals surface area contributed by atoms with Crippen molar-refractivity contribution in [1.29, 1.82) is 0 Å². The molecule has 6 nitrogen and oxygen atoms in total. The van der Waals surface area contributed by atoms with Crippen LogP contribution in [0.25, 0.3) is 0 Å². The van der Waals surface area contributed by atoms with Gasteiger partial charge in [0.05, 0.1) is 5.92 Å². The molecule has 1 aliphatic heterocycles. The number of benzene rings is 1. The van der Waals surface area contributed by atoms with Crippen molar-refractivity contribution in [3.05, 3.63) is 29.8 Å². The molecule has 0 saturated carbocycles. The average Bonchev–Trinajstić information content (AvgIpc) is 2.43. The fourth-order valence-electron chi connectivity index (χ4n) is 2.23. The van der Waals surface area contributed by atoms with Gasteiger partial charge in [0.25, 0.3) is 0 Å². The van der Waals surface area contributed by atoms with E-state index >= 15 is 0 Å². The summed E-state index contributed by atoms with van der Waals surface area (Å²) in [5.41, 5.74) is 7.00. The van der Waals surface area contributed by atoms with Crippen molar-refractivity contribution in [3.63, 3.8) is 0 Å². The van der Waals surface area contributed by atoms with Crippen molar-refractivity contribution < 1.29 is 14.7 Å². The van der Waals surface area contributed by atoms with E-state index in [2.05, 4.69) is 5.32 Å². The van der Waals surface area contributed by atoms with Crippen molar-refractivity contribution in [3.8, 4) is 0 Å². The van der Waals surface area contributed by atoms with Crippen molar-refractivity contribution in [1.82, 2.24) is 5.32 Å². The number of aliphatic carboxylic acids is 1. The first-order valence-electron chi connectivity index (χ1n) is 6.19. The Morgan fingerprint density at radius 1 is 1.42 bits per heavy atom. The number of hydrogen-bond acceptors (Lipinski definition) is 3. The maximum absolute atomic E-state index is 12.1. The van der Waals surface area contributed by atoms with Crippen molar-refractivity contribution >= 4 is 17.7 Å². The second-order valence-electron chi connectivity index (χ2n) is 4.50. The number of anilines is 1. The number of carbonyl (C=O) groups excluding carboxylic acids is 1. The Kier molecular flexibility index (Phi) is 4.01. The van der Waals surface area contributed by atoms with Gasteiger partial charge >= 0.3 is 12.0 Å². The van der Waals surface area contributed by atoms with Crippen LogP contribution in [0, 0.1) is 5.92 Å². The SMILES string of the molecule is NCCNC(=O)N1CC(C(=O)O)Cc2ccccc21. The Balaban J connectivity index is 2.26. The second kappa shape index (κ2) is 5.71. The molecule has 0 bridgehead atoms. The third-order valence-corrected chi connectivity index (χ3v) is 3.17. The Labute approximate surface area is 111 Å². The van der Waals surface area contributed by atoms with Crippen LogP contribution >= 0.6 is 0 Å². The fraction of sp³-hybridized carbons (Fsp3) is 0.385. The Morgan fingerprint density at radius 3 is 2.84 bits per heavy atom. The Morgan fingerprint density at radius 2 is 2.16 bits per heavy atom. The number of amides is 2. The number of nitrogens with one attached hydrogen (secondary N) is 1. The molecule has 102 valence electrons. The molecular weight excluding hydrogens is 246 g/mol. The number of nitrogens with zero attached hydrogens (tertiary/aromatic N) is 1. The number of rotatable bonds is 3. The number of carbonyl (C=O) groups is 2. The van der Waals surface area contributed by atoms with Crippen LogP contribution in [0.3, 0.4) is 0 Å². The first kappa shape index (κ1) is 13.4. The lowest BCUT2D eigenvalue weighted by molar-refractivity contribution is -0.141. The molecule has 19 heavy (non-hydrogen) atoms. The lowest BCUT2D eigenvalue weighted by Crippen LogP contribution is -2.48. The molecule has 4 N–H and O–H groups in total. The molecule has 6 heteroatoms. The molecule has 1 aromatic rings. The summed E-state index contributed by atoms with van der Waals surface area (Å²) >= 11 is 0. The highest BCUT2D eigenvalue weighted by Crippen LogP contribution is 2.29. The van der Waals surface area contributed by atoms with E-state index in [-0.39, 0.29) is 12.6 Å². The minimum absolute atomic E-state index is 0.183. The molecule has 0 aromatic heterocycles. The molecular formula is C13H17N3O3. The molecule has 2 amide bonds. The van der Waals surface area contributed by atoms with Gasteiger partial charge in [-0.1, -0.05) is 18.2 Å². The van der Waals surface area contributed by atoms with Gasteiger partial charge < -0.3 is 16.2 Å². The summed E-state index contributed by atoms with van der Waals surface area (Å²) in [5.74, 6) is -1.45. The number of hydrogen-bond donors (Lipinski definition) is 3. The van der Waals surface area contributed by atoms with Crippen LogP contribution in [0.5, 0.6) is 0 Å². The third-order valence-electron chi connectivity index (χ3n) is 3.17. The molecule has 0 aliphatic carbocycles. The molecule has 0 fully saturated rings. The van der Waals surface area contributed by atoms with Crippen LogP contribution in [-0.4, -0.2) is 36.7 Å². The third kappa shape index (κ3) is 2.85. The topological polar surface area (TPSA) is 95.7 Å². The van der Waals surface area contributed by atoms with Gasteiger partial charge in [0.2, 0.25) is 0 Å². The number of nitrogens with two attached hydrogens (primary N) is 1. The van der Waals surface area contributed by atoms with Crippen molar-refractivity contribution in [2.75, 3.05) is 24.5 Å². The largest absolute Gasteiger partial charge is 0.481 e. The highest BCUT2D eigenvalue weighted by Gasteiger charge is 2.31. The van der Waals surface area contributed by atoms with E-state index in [1.165, 1.54) is 4.90 Å². The molecule has 0 saturated heterocycles. The summed E-state index contributed by atoms with van der Waals surface area (Å²) in [6.45, 7) is 0.904. The predicted molar refractivity (Wildman–Crippen MR) is 71.1 cm³/mol. The monoisotopic (exact) mass is 263 g/mol. The van der Waals surface area contributed by atoms with Gasteiger partial charge in [-0.15, -0.1) is 0 Å². The number of urea groups is 1. The molecule has 1 aromatic carbocycles. The quantitative estimate of drug-likeness (QED) is 0.736. The molecule has 1 heterocycles. The minimum Gasteiger partial charge on any atom is -0.481 e. The van der Waals surface area contributed by atoms with Gasteiger partial charge in [0.1, 0.15) is 0 Å². The molecule has 2 rings (SSSR count). The molecule has 0 radical (unpaired) electrons. The van der Waals surface area contributed by atoms with E-state index in [1.54, 1.807) is 0 Å². The Bertz CT molecular complexity index is 490. The number of fused-ring (bicyclic) bond motifs is 1. The average molecular weight is 263 g/mol. The van der Waals surface area contributed by atoms with Gasteiger partial charge in [0, 0.05) is 25.3 Å². The van der Waals surface area contributed by atoms with E-state index in [0.29, 0.717) is 19.5 Å². The fourth-order valence-corrected chi connectivity index (χ4v) is 2.23. The summed E-state index contributed by atoms with van der Waals surface area (Å²) < 4.78 is 0. The van der Waals surface area contributed by atoms with Crippen LogP contribution in [0.4, 0.5) is 10.5 Å². The van der Waals surface area contributed by atoms with E-state index in [1.807, 2.05) is 24.3 Å². The van der Waals surface area contributed by atoms with E-state index in [0.717, 1.165) is 11.3 Å². The lowest BCUT2D eigenvalue weighted by atomic mass is 9.93. The van der Waals surface area contributed by atoms with E-state index in [9.17, 15) is 9.59 Å². The first-order valence-corrected chi connectivity index (χ1v) is 6.19. The maximum Gasteiger partial charge on any atom is 0.321 e. The van der Waals surface area contributed by atoms with Crippen molar-refractivity contribution in [2.45, 2.75) is 6.42 Å². The zero-order valence-corrected chi connectivity index (χ0v) is 10.5. The summed E-state index contributed by atoms with van der Waals surface area (Å²) in [5, 5.41) is 11.8. The molecule has 0 spiro atoms. The van der Waals surface area contributed by atoms with Crippen LogP contribution in [-0.2, 0) is 11.2 Å². The first-order chi connectivity index (χ1) is 9.13. The molecule has 1 atom stereocenters. The van der Waals surface area contributed by atoms with E-state index in [4.69, 9.17) is 10.8 Å². The summed E-state index contributed by atoms with van der Waals surface area (Å²) in [6, 6.07) is 7.06. The highest BCUT2D eigenvalue weighted by atomic mass is 16.4. The smallest absolute Gasteiger partial charge is 0.321 e. The zero-order chi connectivity index (χ0) is 13.8. The van der Waals surface area contributed by atoms with Crippen LogP contribution < -0.4 is 16.0 Å². The van der Waals surface area contributed by atoms with Gasteiger partial charge in [-0.2, -0.15) is 0 Å². The van der Waals surface area contributed by atoms with Gasteiger partial charge in [0.15, 0.2) is 0 Å². The highest BCUT2D eigenvalue weighted by molar-refractivity contribution is 5.94. The zero-order valence-electron chi connectivity index (χ0n) is 10.5. The summed E-state index contributed by atoms with van der Waals surface area (Å²) in [7, 11) is 0. The van der Waals surface area contributed by atoms with Gasteiger partial charge in [-0.25, -0.2) is 4.79 Å². The molecule has 1 aliphatic rings. The van der Waals surface area contributed by atoms with Crippen LogP contribution in [0.15, 0.2) is 24.3 Å². The lowest BCUT2D eigenvalue weighted by Gasteiger charge is -2.32. The number of para-hydroxylation sites is 1. The van der Waals surface area contributed by atoms with Gasteiger partial charge in [-0.05, 0) is 18.1 Å². The Hall–Kier alpha value is -2.08. The van der Waals surface area contributed by atoms with Crippen molar-refractivity contribution in [2.24, 2.45) is 11.7 Å². The predicted octanol–water partition coefficient (Wildman–Crippen LogP) is 0.418. The number of carboxylic acid groups (broad SMARTS) is 1. The normalized spacial score (nSPS) is 17.7. The number of carboxylic acids is 1. The summed E-state index contributed by atoms with van der Waals surface area (Å²) in [4.78, 5) is 24.7. The standard InChI is InChI=1S/C13H17N3O3/c14-5-6-15-13(19)16-8-10(12(17)18)7-9-3-1-2-4-11(9)16/h1-4,10H,5-8,14H2,(H,15,19)(H,17,18). The van der Waals surface area contributed by atoms with E-state index < -0.39 is 11.9 Å². The maximum atomic E-state index is 12.1. The van der Waals surface area contributed by atoms with Gasteiger partial charge in [-0.3, -0.25) is 9.69 Å². The molecule has 1 unspecified atom stereocenters. The minimum atomic E-state index is -0.883. The summed E-state index contributed by atoms with van der Waals surface area (Å²) in [6.07, 6.45) is 0.451. The second-order valence-corrected chi connectivity index (χ2v) is 4.50. The van der Waals surface area contributed by atoms with Crippen LogP contribution in [0.2, 0.25) is 0 Å². The van der Waals surface area contributed by atoms with Crippen LogP contribution in [0.1, 0.15) is 5.56 Å².